The second-order valence-corrected chi connectivity index (χ2v) is 6.21. The van der Waals surface area contributed by atoms with Crippen LogP contribution in [0.15, 0.2) is 48.5 Å². The molecule has 4 heteroatoms. The number of ether oxygens (including phenoxy) is 1. The molecule has 1 N–H and O–H groups in total. The highest BCUT2D eigenvalue weighted by Gasteiger charge is 2.28. The van der Waals surface area contributed by atoms with Gasteiger partial charge in [0.05, 0.1) is 7.11 Å². The van der Waals surface area contributed by atoms with Gasteiger partial charge in [0.1, 0.15) is 11.8 Å². The van der Waals surface area contributed by atoms with Gasteiger partial charge in [-0.25, -0.2) is 0 Å². The number of carboxylic acid groups (broad SMARTS) is 1. The van der Waals surface area contributed by atoms with Gasteiger partial charge in [-0.15, -0.1) is 0 Å². The number of aliphatic carboxylic acids is 1. The van der Waals surface area contributed by atoms with Crippen molar-refractivity contribution in [1.82, 2.24) is 4.90 Å². The summed E-state index contributed by atoms with van der Waals surface area (Å²) in [7, 11) is 1.66. The topological polar surface area (TPSA) is 49.8 Å². The highest BCUT2D eigenvalue weighted by molar-refractivity contribution is 5.73. The summed E-state index contributed by atoms with van der Waals surface area (Å²) in [5, 5.41) is 9.47. The third kappa shape index (κ3) is 3.60. The fraction of sp³-hybridized carbons (Fsp3) is 0.350. The Hall–Kier alpha value is -2.33. The SMILES string of the molecule is COc1ccc(-c2ccccc2)cc1CN1CCCCC1C(=O)O. The van der Waals surface area contributed by atoms with E-state index in [1.165, 1.54) is 0 Å². The molecular weight excluding hydrogens is 302 g/mol. The number of nitrogens with zero attached hydrogens (tertiary/aromatic N) is 1. The summed E-state index contributed by atoms with van der Waals surface area (Å²) in [4.78, 5) is 13.6. The van der Waals surface area contributed by atoms with E-state index in [2.05, 4.69) is 23.1 Å². The van der Waals surface area contributed by atoms with Crippen molar-refractivity contribution in [3.05, 3.63) is 54.1 Å². The number of methoxy groups -OCH3 is 1. The standard InChI is InChI=1S/C20H23NO3/c1-24-19-11-10-16(15-7-3-2-4-8-15)13-17(19)14-21-12-6-5-9-18(21)20(22)23/h2-4,7-8,10-11,13,18H,5-6,9,12,14H2,1H3,(H,22,23). The Kier molecular flexibility index (Phi) is 5.16. The Morgan fingerprint density at radius 3 is 2.67 bits per heavy atom. The van der Waals surface area contributed by atoms with Crippen LogP contribution in [0, 0.1) is 0 Å². The average molecular weight is 325 g/mol. The van der Waals surface area contributed by atoms with Crippen LogP contribution in [0.5, 0.6) is 5.75 Å². The van der Waals surface area contributed by atoms with E-state index in [0.717, 1.165) is 48.2 Å². The molecule has 24 heavy (non-hydrogen) atoms. The molecule has 3 rings (SSSR count). The van der Waals surface area contributed by atoms with Gasteiger partial charge in [0.15, 0.2) is 0 Å². The zero-order valence-electron chi connectivity index (χ0n) is 13.9. The van der Waals surface area contributed by atoms with E-state index < -0.39 is 12.0 Å². The lowest BCUT2D eigenvalue weighted by Crippen LogP contribution is -2.44. The lowest BCUT2D eigenvalue weighted by molar-refractivity contribution is -0.144. The smallest absolute Gasteiger partial charge is 0.320 e. The van der Waals surface area contributed by atoms with Gasteiger partial charge in [0.25, 0.3) is 0 Å². The first-order valence-corrected chi connectivity index (χ1v) is 8.38. The van der Waals surface area contributed by atoms with Crippen LogP contribution in [0.25, 0.3) is 11.1 Å². The predicted molar refractivity (Wildman–Crippen MR) is 94.1 cm³/mol. The molecule has 0 saturated carbocycles. The van der Waals surface area contributed by atoms with Crippen LogP contribution in [-0.4, -0.2) is 35.7 Å². The van der Waals surface area contributed by atoms with E-state index in [9.17, 15) is 9.90 Å². The first-order chi connectivity index (χ1) is 11.7. The lowest BCUT2D eigenvalue weighted by atomic mass is 9.99. The molecule has 0 aliphatic carbocycles. The molecule has 4 nitrogen and oxygen atoms in total. The highest BCUT2D eigenvalue weighted by Crippen LogP contribution is 2.29. The second-order valence-electron chi connectivity index (χ2n) is 6.21. The van der Waals surface area contributed by atoms with Crippen LogP contribution in [-0.2, 0) is 11.3 Å². The quantitative estimate of drug-likeness (QED) is 0.908. The molecular formula is C20H23NO3. The third-order valence-electron chi connectivity index (χ3n) is 4.66. The van der Waals surface area contributed by atoms with Crippen molar-refractivity contribution >= 4 is 5.97 Å². The largest absolute Gasteiger partial charge is 0.496 e. The lowest BCUT2D eigenvalue weighted by Gasteiger charge is -2.33. The van der Waals surface area contributed by atoms with Crippen molar-refractivity contribution < 1.29 is 14.6 Å². The fourth-order valence-electron chi connectivity index (χ4n) is 3.39. The van der Waals surface area contributed by atoms with Gasteiger partial charge in [-0.2, -0.15) is 0 Å². The van der Waals surface area contributed by atoms with E-state index in [0.29, 0.717) is 6.54 Å². The normalized spacial score (nSPS) is 18.3. The first-order valence-electron chi connectivity index (χ1n) is 8.38. The number of rotatable bonds is 5. The Morgan fingerprint density at radius 2 is 1.96 bits per heavy atom. The molecule has 0 aromatic heterocycles. The molecule has 0 bridgehead atoms. The number of carbonyl (C=O) groups is 1. The predicted octanol–water partition coefficient (Wildman–Crippen LogP) is 3.80. The summed E-state index contributed by atoms with van der Waals surface area (Å²) in [6, 6.07) is 15.9. The van der Waals surface area contributed by atoms with Crippen molar-refractivity contribution in [3.63, 3.8) is 0 Å². The van der Waals surface area contributed by atoms with E-state index >= 15 is 0 Å². The minimum Gasteiger partial charge on any atom is -0.496 e. The van der Waals surface area contributed by atoms with Crippen LogP contribution >= 0.6 is 0 Å². The Bertz CT molecular complexity index is 699. The first kappa shape index (κ1) is 16.5. The van der Waals surface area contributed by atoms with Gasteiger partial charge < -0.3 is 9.84 Å². The monoisotopic (exact) mass is 325 g/mol. The van der Waals surface area contributed by atoms with Crippen molar-refractivity contribution in [2.24, 2.45) is 0 Å². The number of benzene rings is 2. The van der Waals surface area contributed by atoms with Gasteiger partial charge in [-0.05, 0) is 42.6 Å². The minimum atomic E-state index is -0.729. The maximum Gasteiger partial charge on any atom is 0.320 e. The molecule has 0 radical (unpaired) electrons. The second kappa shape index (κ2) is 7.49. The molecule has 1 fully saturated rings. The summed E-state index contributed by atoms with van der Waals surface area (Å²) in [5.74, 6) is 0.0808. The van der Waals surface area contributed by atoms with Gasteiger partial charge in [0, 0.05) is 12.1 Å². The Balaban J connectivity index is 1.89. The van der Waals surface area contributed by atoms with Gasteiger partial charge in [-0.3, -0.25) is 9.69 Å². The van der Waals surface area contributed by atoms with E-state index in [1.54, 1.807) is 7.11 Å². The Labute approximate surface area is 142 Å². The molecule has 1 saturated heterocycles. The minimum absolute atomic E-state index is 0.399. The molecule has 2 aromatic carbocycles. The van der Waals surface area contributed by atoms with Gasteiger partial charge >= 0.3 is 5.97 Å². The van der Waals surface area contributed by atoms with Crippen molar-refractivity contribution in [2.75, 3.05) is 13.7 Å². The van der Waals surface area contributed by atoms with Crippen LogP contribution in [0.1, 0.15) is 24.8 Å². The van der Waals surface area contributed by atoms with Gasteiger partial charge in [-0.1, -0.05) is 42.8 Å². The zero-order valence-corrected chi connectivity index (χ0v) is 13.9. The van der Waals surface area contributed by atoms with Crippen LogP contribution in [0.4, 0.5) is 0 Å². The van der Waals surface area contributed by atoms with Crippen LogP contribution in [0.2, 0.25) is 0 Å². The van der Waals surface area contributed by atoms with Crippen molar-refractivity contribution in [2.45, 2.75) is 31.8 Å². The highest BCUT2D eigenvalue weighted by atomic mass is 16.5. The summed E-state index contributed by atoms with van der Waals surface area (Å²) in [6.45, 7) is 1.41. The van der Waals surface area contributed by atoms with E-state index in [4.69, 9.17) is 4.74 Å². The summed E-state index contributed by atoms with van der Waals surface area (Å²) in [5.41, 5.74) is 3.30. The molecule has 1 unspecified atom stereocenters. The molecule has 0 spiro atoms. The molecule has 0 amide bonds. The van der Waals surface area contributed by atoms with Crippen molar-refractivity contribution in [3.8, 4) is 16.9 Å². The van der Waals surface area contributed by atoms with E-state index in [1.807, 2.05) is 30.3 Å². The molecule has 1 heterocycles. The third-order valence-corrected chi connectivity index (χ3v) is 4.66. The number of carboxylic acids is 1. The van der Waals surface area contributed by atoms with Crippen LogP contribution in [0.3, 0.4) is 0 Å². The molecule has 126 valence electrons. The van der Waals surface area contributed by atoms with E-state index in [-0.39, 0.29) is 0 Å². The molecule has 2 aromatic rings. The number of piperidine rings is 1. The molecule has 1 aliphatic rings. The maximum absolute atomic E-state index is 11.5. The van der Waals surface area contributed by atoms with Crippen LogP contribution < -0.4 is 4.74 Å². The number of hydrogen-bond donors (Lipinski definition) is 1. The molecule has 1 atom stereocenters. The Morgan fingerprint density at radius 1 is 1.17 bits per heavy atom. The summed E-state index contributed by atoms with van der Waals surface area (Å²) >= 11 is 0. The maximum atomic E-state index is 11.5. The number of hydrogen-bond acceptors (Lipinski definition) is 3. The number of likely N-dealkylation sites (tertiary alicyclic amines) is 1. The van der Waals surface area contributed by atoms with Crippen molar-refractivity contribution in [1.29, 1.82) is 0 Å². The fourth-order valence-corrected chi connectivity index (χ4v) is 3.39. The summed E-state index contributed by atoms with van der Waals surface area (Å²) < 4.78 is 5.50. The molecule has 1 aliphatic heterocycles. The average Bonchev–Trinajstić information content (AvgIpc) is 2.62. The zero-order chi connectivity index (χ0) is 16.9. The summed E-state index contributed by atoms with van der Waals surface area (Å²) in [6.07, 6.45) is 2.75. The van der Waals surface area contributed by atoms with Gasteiger partial charge in [0.2, 0.25) is 0 Å².